The summed E-state index contributed by atoms with van der Waals surface area (Å²) >= 11 is 0. The molecule has 0 radical (unpaired) electrons. The predicted octanol–water partition coefficient (Wildman–Crippen LogP) is 2.66. The summed E-state index contributed by atoms with van der Waals surface area (Å²) in [5, 5.41) is 12.0. The lowest BCUT2D eigenvalue weighted by Gasteiger charge is -2.38. The molecule has 1 fully saturated rings. The maximum atomic E-state index is 12.6. The molecule has 1 amide bonds. The zero-order valence-corrected chi connectivity index (χ0v) is 15.8. The van der Waals surface area contributed by atoms with Gasteiger partial charge in [0, 0.05) is 25.2 Å². The molecule has 0 bridgehead atoms. The summed E-state index contributed by atoms with van der Waals surface area (Å²) in [6.07, 6.45) is 1.56. The third kappa shape index (κ3) is 4.48. The first-order chi connectivity index (χ1) is 13.5. The van der Waals surface area contributed by atoms with Crippen molar-refractivity contribution in [1.29, 1.82) is 0 Å². The SMILES string of the molecule is CCOc1ccc(C2(CNC(=O)c3cccc(C(=O)O)n3)CCOCC2)cc1. The van der Waals surface area contributed by atoms with Crippen molar-refractivity contribution in [3.8, 4) is 5.75 Å². The van der Waals surface area contributed by atoms with Crippen LogP contribution in [0.2, 0.25) is 0 Å². The molecule has 148 valence electrons. The third-order valence-electron chi connectivity index (χ3n) is 5.02. The summed E-state index contributed by atoms with van der Waals surface area (Å²) in [6, 6.07) is 12.3. The first-order valence-electron chi connectivity index (χ1n) is 9.34. The molecule has 2 heterocycles. The van der Waals surface area contributed by atoms with Crippen molar-refractivity contribution in [3.05, 3.63) is 59.4 Å². The summed E-state index contributed by atoms with van der Waals surface area (Å²) < 4.78 is 11.0. The average molecular weight is 384 g/mol. The molecule has 1 aliphatic heterocycles. The van der Waals surface area contributed by atoms with Crippen molar-refractivity contribution in [2.45, 2.75) is 25.2 Å². The van der Waals surface area contributed by atoms with E-state index in [1.54, 1.807) is 0 Å². The molecule has 1 aliphatic rings. The van der Waals surface area contributed by atoms with Crippen LogP contribution in [0.1, 0.15) is 46.3 Å². The quantitative estimate of drug-likeness (QED) is 0.762. The molecule has 7 heteroatoms. The molecule has 3 rings (SSSR count). The minimum atomic E-state index is -1.16. The zero-order valence-electron chi connectivity index (χ0n) is 15.8. The topological polar surface area (TPSA) is 97.8 Å². The van der Waals surface area contributed by atoms with Crippen molar-refractivity contribution < 1.29 is 24.2 Å². The maximum absolute atomic E-state index is 12.6. The van der Waals surface area contributed by atoms with Crippen LogP contribution in [0.4, 0.5) is 0 Å². The fraction of sp³-hybridized carbons (Fsp3) is 0.381. The van der Waals surface area contributed by atoms with E-state index in [2.05, 4.69) is 10.3 Å². The molecule has 0 unspecified atom stereocenters. The molecule has 2 N–H and O–H groups in total. The number of nitrogens with one attached hydrogen (secondary N) is 1. The van der Waals surface area contributed by atoms with Crippen LogP contribution in [0.5, 0.6) is 5.75 Å². The van der Waals surface area contributed by atoms with E-state index in [9.17, 15) is 9.59 Å². The van der Waals surface area contributed by atoms with Crippen molar-refractivity contribution in [1.82, 2.24) is 10.3 Å². The molecule has 7 nitrogen and oxygen atoms in total. The van der Waals surface area contributed by atoms with Gasteiger partial charge in [0.15, 0.2) is 0 Å². The number of rotatable bonds is 7. The lowest BCUT2D eigenvalue weighted by molar-refractivity contribution is 0.0486. The number of carboxylic acid groups (broad SMARTS) is 1. The first-order valence-corrected chi connectivity index (χ1v) is 9.34. The normalized spacial score (nSPS) is 15.6. The van der Waals surface area contributed by atoms with Crippen molar-refractivity contribution in [3.63, 3.8) is 0 Å². The van der Waals surface area contributed by atoms with E-state index < -0.39 is 5.97 Å². The summed E-state index contributed by atoms with van der Waals surface area (Å²) in [7, 11) is 0. The molecule has 2 aromatic rings. The maximum Gasteiger partial charge on any atom is 0.354 e. The highest BCUT2D eigenvalue weighted by molar-refractivity contribution is 5.94. The summed E-state index contributed by atoms with van der Waals surface area (Å²) in [4.78, 5) is 27.5. The van der Waals surface area contributed by atoms with Crippen LogP contribution >= 0.6 is 0 Å². The fourth-order valence-electron chi connectivity index (χ4n) is 3.42. The van der Waals surface area contributed by atoms with E-state index in [-0.39, 0.29) is 22.7 Å². The molecule has 0 atom stereocenters. The summed E-state index contributed by atoms with van der Waals surface area (Å²) in [5.41, 5.74) is 0.809. The third-order valence-corrected chi connectivity index (χ3v) is 5.02. The second kappa shape index (κ2) is 8.84. The minimum Gasteiger partial charge on any atom is -0.494 e. The highest BCUT2D eigenvalue weighted by Crippen LogP contribution is 2.35. The number of pyridine rings is 1. The number of hydrogen-bond acceptors (Lipinski definition) is 5. The van der Waals surface area contributed by atoms with Gasteiger partial charge in [-0.15, -0.1) is 0 Å². The number of aromatic nitrogens is 1. The molecule has 1 aromatic carbocycles. The number of hydrogen-bond donors (Lipinski definition) is 2. The molecule has 1 saturated heterocycles. The van der Waals surface area contributed by atoms with E-state index in [0.29, 0.717) is 26.4 Å². The Bertz CT molecular complexity index is 829. The lowest BCUT2D eigenvalue weighted by Crippen LogP contribution is -2.44. The number of ether oxygens (including phenoxy) is 2. The van der Waals surface area contributed by atoms with Gasteiger partial charge in [-0.25, -0.2) is 9.78 Å². The number of carbonyl (C=O) groups is 2. The van der Waals surface area contributed by atoms with Crippen LogP contribution in [0.3, 0.4) is 0 Å². The van der Waals surface area contributed by atoms with Gasteiger partial charge in [-0.05, 0) is 49.6 Å². The van der Waals surface area contributed by atoms with Gasteiger partial charge in [-0.3, -0.25) is 4.79 Å². The average Bonchev–Trinajstić information content (AvgIpc) is 2.73. The van der Waals surface area contributed by atoms with Gasteiger partial charge in [0.2, 0.25) is 0 Å². The second-order valence-corrected chi connectivity index (χ2v) is 6.75. The molecular weight excluding hydrogens is 360 g/mol. The van der Waals surface area contributed by atoms with Crippen LogP contribution in [0.15, 0.2) is 42.5 Å². The summed E-state index contributed by atoms with van der Waals surface area (Å²) in [6.45, 7) is 4.21. The summed E-state index contributed by atoms with van der Waals surface area (Å²) in [5.74, 6) is -0.739. The number of benzene rings is 1. The molecule has 28 heavy (non-hydrogen) atoms. The molecule has 0 aliphatic carbocycles. The van der Waals surface area contributed by atoms with E-state index in [0.717, 1.165) is 24.2 Å². The molecule has 1 aromatic heterocycles. The highest BCUT2D eigenvalue weighted by Gasteiger charge is 2.35. The largest absolute Gasteiger partial charge is 0.494 e. The molecular formula is C21H24N2O5. The van der Waals surface area contributed by atoms with Gasteiger partial charge in [0.25, 0.3) is 5.91 Å². The Labute approximate surface area is 163 Å². The monoisotopic (exact) mass is 384 g/mol. The Kier molecular flexibility index (Phi) is 6.26. The molecule has 0 spiro atoms. The lowest BCUT2D eigenvalue weighted by atomic mass is 9.74. The highest BCUT2D eigenvalue weighted by atomic mass is 16.5. The van der Waals surface area contributed by atoms with Crippen molar-refractivity contribution in [2.24, 2.45) is 0 Å². The molecule has 0 saturated carbocycles. The Morgan fingerprint density at radius 2 is 1.82 bits per heavy atom. The number of carbonyl (C=O) groups excluding carboxylic acids is 1. The Balaban J connectivity index is 1.76. The van der Waals surface area contributed by atoms with E-state index in [1.807, 2.05) is 31.2 Å². The van der Waals surface area contributed by atoms with Gasteiger partial charge in [-0.2, -0.15) is 0 Å². The second-order valence-electron chi connectivity index (χ2n) is 6.75. The predicted molar refractivity (Wildman–Crippen MR) is 103 cm³/mol. The van der Waals surface area contributed by atoms with E-state index in [1.165, 1.54) is 18.2 Å². The Morgan fingerprint density at radius 3 is 2.46 bits per heavy atom. The number of aromatic carboxylic acids is 1. The van der Waals surface area contributed by atoms with Crippen LogP contribution in [-0.4, -0.2) is 48.3 Å². The van der Waals surface area contributed by atoms with Crippen LogP contribution in [0.25, 0.3) is 0 Å². The smallest absolute Gasteiger partial charge is 0.354 e. The van der Waals surface area contributed by atoms with Gasteiger partial charge in [0.05, 0.1) is 6.61 Å². The number of carboxylic acids is 1. The first kappa shape index (κ1) is 19.8. The van der Waals surface area contributed by atoms with Crippen LogP contribution in [0, 0.1) is 0 Å². The van der Waals surface area contributed by atoms with E-state index in [4.69, 9.17) is 14.6 Å². The Morgan fingerprint density at radius 1 is 1.14 bits per heavy atom. The van der Waals surface area contributed by atoms with Crippen molar-refractivity contribution >= 4 is 11.9 Å². The number of amides is 1. The standard InChI is InChI=1S/C21H24N2O5/c1-2-28-16-8-6-15(7-9-16)21(10-12-27-13-11-21)14-22-19(24)17-4-3-5-18(23-17)20(25)26/h3-9H,2,10-14H2,1H3,(H,22,24)(H,25,26). The van der Waals surface area contributed by atoms with Crippen molar-refractivity contribution in [2.75, 3.05) is 26.4 Å². The van der Waals surface area contributed by atoms with Gasteiger partial charge >= 0.3 is 5.97 Å². The van der Waals surface area contributed by atoms with E-state index >= 15 is 0 Å². The van der Waals surface area contributed by atoms with Crippen LogP contribution in [-0.2, 0) is 10.2 Å². The number of nitrogens with zero attached hydrogens (tertiary/aromatic N) is 1. The van der Waals surface area contributed by atoms with Gasteiger partial charge in [-0.1, -0.05) is 18.2 Å². The van der Waals surface area contributed by atoms with Gasteiger partial charge in [0.1, 0.15) is 17.1 Å². The fourth-order valence-corrected chi connectivity index (χ4v) is 3.42. The minimum absolute atomic E-state index is 0.0915. The van der Waals surface area contributed by atoms with Gasteiger partial charge < -0.3 is 19.9 Å². The van der Waals surface area contributed by atoms with Crippen LogP contribution < -0.4 is 10.1 Å². The zero-order chi connectivity index (χ0) is 20.0. The Hall–Kier alpha value is -2.93.